The van der Waals surface area contributed by atoms with Gasteiger partial charge in [0.15, 0.2) is 0 Å². The Kier molecular flexibility index (Phi) is 3.65. The maximum Gasteiger partial charge on any atom is 0.120 e. The third-order valence-electron chi connectivity index (χ3n) is 3.35. The van der Waals surface area contributed by atoms with Gasteiger partial charge in [-0.3, -0.25) is 5.10 Å². The van der Waals surface area contributed by atoms with E-state index in [4.69, 9.17) is 4.42 Å². The number of rotatable bonds is 5. The zero-order valence-corrected chi connectivity index (χ0v) is 11.4. The second kappa shape index (κ2) is 5.75. The van der Waals surface area contributed by atoms with Crippen LogP contribution in [0.25, 0.3) is 11.3 Å². The monoisotopic (exact) mass is 267 g/mol. The van der Waals surface area contributed by atoms with E-state index in [1.54, 1.807) is 12.5 Å². The van der Waals surface area contributed by atoms with Crippen molar-refractivity contribution in [1.29, 1.82) is 0 Å². The molecule has 3 rings (SSSR count). The van der Waals surface area contributed by atoms with Gasteiger partial charge in [-0.2, -0.15) is 5.10 Å². The topological polar surface area (TPSA) is 53.9 Å². The molecule has 0 atom stereocenters. The number of nitrogens with one attached hydrogen (secondary N) is 2. The van der Waals surface area contributed by atoms with E-state index in [2.05, 4.69) is 46.7 Å². The third kappa shape index (κ3) is 2.81. The smallest absolute Gasteiger partial charge is 0.120 e. The maximum atomic E-state index is 5.40. The van der Waals surface area contributed by atoms with Crippen molar-refractivity contribution in [3.63, 3.8) is 0 Å². The zero-order chi connectivity index (χ0) is 13.8. The van der Waals surface area contributed by atoms with Crippen LogP contribution < -0.4 is 5.32 Å². The van der Waals surface area contributed by atoms with E-state index >= 15 is 0 Å². The van der Waals surface area contributed by atoms with Gasteiger partial charge in [-0.15, -0.1) is 0 Å². The minimum Gasteiger partial charge on any atom is -0.468 e. The van der Waals surface area contributed by atoms with Gasteiger partial charge in [0.25, 0.3) is 0 Å². The van der Waals surface area contributed by atoms with Crippen LogP contribution in [0.1, 0.15) is 16.9 Å². The predicted octanol–water partition coefficient (Wildman–Crippen LogP) is 3.27. The summed E-state index contributed by atoms with van der Waals surface area (Å²) in [6.07, 6.45) is 3.49. The van der Waals surface area contributed by atoms with Gasteiger partial charge in [0, 0.05) is 12.7 Å². The van der Waals surface area contributed by atoms with Crippen LogP contribution in [0, 0.1) is 6.92 Å². The quantitative estimate of drug-likeness (QED) is 0.746. The van der Waals surface area contributed by atoms with Crippen molar-refractivity contribution in [3.8, 4) is 11.3 Å². The molecule has 2 heterocycles. The molecule has 0 unspecified atom stereocenters. The summed E-state index contributed by atoms with van der Waals surface area (Å²) in [5, 5.41) is 10.3. The highest BCUT2D eigenvalue weighted by molar-refractivity contribution is 5.58. The molecule has 2 aromatic heterocycles. The standard InChI is InChI=1S/C16H17N3O/c1-12-7-9-20-16(12)11-17-10-13-2-4-14(5-3-13)15-6-8-18-19-15/h2-9,17H,10-11H2,1H3,(H,18,19). The first-order chi connectivity index (χ1) is 9.83. The molecule has 0 bridgehead atoms. The van der Waals surface area contributed by atoms with Gasteiger partial charge >= 0.3 is 0 Å². The Balaban J connectivity index is 1.57. The lowest BCUT2D eigenvalue weighted by molar-refractivity contribution is 0.480. The lowest BCUT2D eigenvalue weighted by atomic mass is 10.1. The fraction of sp³-hybridized carbons (Fsp3) is 0.188. The average Bonchev–Trinajstić information content (AvgIpc) is 3.12. The molecule has 4 nitrogen and oxygen atoms in total. The molecule has 2 N–H and O–H groups in total. The summed E-state index contributed by atoms with van der Waals surface area (Å²) in [5.74, 6) is 0.999. The molecule has 0 fully saturated rings. The first kappa shape index (κ1) is 12.7. The van der Waals surface area contributed by atoms with Crippen molar-refractivity contribution in [1.82, 2.24) is 15.5 Å². The van der Waals surface area contributed by atoms with Crippen LogP contribution >= 0.6 is 0 Å². The molecule has 102 valence electrons. The number of hydrogen-bond donors (Lipinski definition) is 2. The van der Waals surface area contributed by atoms with Crippen molar-refractivity contribution >= 4 is 0 Å². The highest BCUT2D eigenvalue weighted by atomic mass is 16.3. The van der Waals surface area contributed by atoms with E-state index in [0.717, 1.165) is 30.1 Å². The number of furan rings is 1. The normalized spacial score (nSPS) is 10.8. The second-order valence-corrected chi connectivity index (χ2v) is 4.80. The highest BCUT2D eigenvalue weighted by Gasteiger charge is 2.02. The third-order valence-corrected chi connectivity index (χ3v) is 3.35. The van der Waals surface area contributed by atoms with Gasteiger partial charge in [0.1, 0.15) is 5.76 Å². The maximum absolute atomic E-state index is 5.40. The van der Waals surface area contributed by atoms with E-state index in [-0.39, 0.29) is 0 Å². The second-order valence-electron chi connectivity index (χ2n) is 4.80. The van der Waals surface area contributed by atoms with Gasteiger partial charge in [0.2, 0.25) is 0 Å². The Morgan fingerprint density at radius 3 is 2.60 bits per heavy atom. The molecule has 0 saturated carbocycles. The number of H-pyrrole nitrogens is 1. The Morgan fingerprint density at radius 2 is 1.95 bits per heavy atom. The number of aromatic amines is 1. The molecule has 20 heavy (non-hydrogen) atoms. The Hall–Kier alpha value is -2.33. The summed E-state index contributed by atoms with van der Waals surface area (Å²) < 4.78 is 5.40. The van der Waals surface area contributed by atoms with Crippen molar-refractivity contribution in [2.24, 2.45) is 0 Å². The summed E-state index contributed by atoms with van der Waals surface area (Å²) in [4.78, 5) is 0. The molecular formula is C16H17N3O. The van der Waals surface area contributed by atoms with Crippen LogP contribution in [0.3, 0.4) is 0 Å². The van der Waals surface area contributed by atoms with Gasteiger partial charge in [-0.05, 0) is 35.7 Å². The van der Waals surface area contributed by atoms with Gasteiger partial charge in [-0.25, -0.2) is 0 Å². The minimum absolute atomic E-state index is 0.751. The summed E-state index contributed by atoms with van der Waals surface area (Å²) >= 11 is 0. The van der Waals surface area contributed by atoms with Crippen LogP contribution in [-0.2, 0) is 13.1 Å². The first-order valence-corrected chi connectivity index (χ1v) is 6.65. The van der Waals surface area contributed by atoms with Gasteiger partial charge in [0.05, 0.1) is 18.5 Å². The first-order valence-electron chi connectivity index (χ1n) is 6.65. The summed E-state index contributed by atoms with van der Waals surface area (Å²) in [6, 6.07) is 12.4. The molecule has 0 aliphatic heterocycles. The van der Waals surface area contributed by atoms with Crippen LogP contribution in [0.5, 0.6) is 0 Å². The number of nitrogens with zero attached hydrogens (tertiary/aromatic N) is 1. The van der Waals surface area contributed by atoms with E-state index < -0.39 is 0 Å². The van der Waals surface area contributed by atoms with E-state index in [1.807, 2.05) is 12.1 Å². The van der Waals surface area contributed by atoms with E-state index in [9.17, 15) is 0 Å². The fourth-order valence-corrected chi connectivity index (χ4v) is 2.12. The summed E-state index contributed by atoms with van der Waals surface area (Å²) in [6.45, 7) is 3.63. The van der Waals surface area contributed by atoms with Crippen molar-refractivity contribution in [2.45, 2.75) is 20.0 Å². The molecular weight excluding hydrogens is 250 g/mol. The number of aromatic nitrogens is 2. The molecule has 0 aliphatic rings. The summed E-state index contributed by atoms with van der Waals surface area (Å²) in [7, 11) is 0. The van der Waals surface area contributed by atoms with Crippen LogP contribution in [-0.4, -0.2) is 10.2 Å². The number of aryl methyl sites for hydroxylation is 1. The molecule has 4 heteroatoms. The van der Waals surface area contributed by atoms with Gasteiger partial charge in [-0.1, -0.05) is 24.3 Å². The van der Waals surface area contributed by atoms with Crippen molar-refractivity contribution in [3.05, 3.63) is 65.7 Å². The minimum atomic E-state index is 0.751. The number of hydrogen-bond acceptors (Lipinski definition) is 3. The predicted molar refractivity (Wildman–Crippen MR) is 78.0 cm³/mol. The molecule has 0 spiro atoms. The lowest BCUT2D eigenvalue weighted by Gasteiger charge is -2.05. The van der Waals surface area contributed by atoms with E-state index in [0.29, 0.717) is 0 Å². The lowest BCUT2D eigenvalue weighted by Crippen LogP contribution is -2.12. The Bertz CT molecular complexity index is 653. The highest BCUT2D eigenvalue weighted by Crippen LogP contribution is 2.16. The molecule has 0 aliphatic carbocycles. The fourth-order valence-electron chi connectivity index (χ4n) is 2.12. The largest absolute Gasteiger partial charge is 0.468 e. The zero-order valence-electron chi connectivity index (χ0n) is 11.4. The molecule has 0 amide bonds. The summed E-state index contributed by atoms with van der Waals surface area (Å²) in [5.41, 5.74) is 4.62. The molecule has 3 aromatic rings. The van der Waals surface area contributed by atoms with Gasteiger partial charge < -0.3 is 9.73 Å². The molecule has 0 radical (unpaired) electrons. The molecule has 0 saturated heterocycles. The SMILES string of the molecule is Cc1ccoc1CNCc1ccc(-c2ccn[nH]2)cc1. The van der Waals surface area contributed by atoms with Crippen molar-refractivity contribution < 1.29 is 4.42 Å². The van der Waals surface area contributed by atoms with Crippen LogP contribution in [0.4, 0.5) is 0 Å². The van der Waals surface area contributed by atoms with Crippen molar-refractivity contribution in [2.75, 3.05) is 0 Å². The molecule has 1 aromatic carbocycles. The average molecular weight is 267 g/mol. The Morgan fingerprint density at radius 1 is 1.10 bits per heavy atom. The number of benzene rings is 1. The Labute approximate surface area is 117 Å². The van der Waals surface area contributed by atoms with E-state index in [1.165, 1.54) is 11.1 Å². The van der Waals surface area contributed by atoms with Crippen LogP contribution in [0.2, 0.25) is 0 Å². The van der Waals surface area contributed by atoms with Crippen LogP contribution in [0.15, 0.2) is 53.3 Å².